The number of benzene rings is 2. The van der Waals surface area contributed by atoms with Gasteiger partial charge < -0.3 is 4.42 Å². The highest BCUT2D eigenvalue weighted by Crippen LogP contribution is 2.26. The van der Waals surface area contributed by atoms with Crippen LogP contribution in [-0.2, 0) is 6.42 Å². The molecule has 0 fully saturated rings. The lowest BCUT2D eigenvalue weighted by Gasteiger charge is -1.97. The summed E-state index contributed by atoms with van der Waals surface area (Å²) in [6, 6.07) is 14.2. The Hall–Kier alpha value is -1.61. The predicted octanol–water partition coefficient (Wildman–Crippen LogP) is 4.82. The third-order valence-corrected chi connectivity index (χ3v) is 3.45. The Bertz CT molecular complexity index is 685. The molecule has 0 aliphatic rings. The summed E-state index contributed by atoms with van der Waals surface area (Å²) in [6.45, 7) is 2.14. The Kier molecular flexibility index (Phi) is 2.92. The van der Waals surface area contributed by atoms with Crippen LogP contribution in [0.15, 0.2) is 51.4 Å². The summed E-state index contributed by atoms with van der Waals surface area (Å²) in [5, 5.41) is 0. The smallest absolute Gasteiger partial charge is 0.227 e. The quantitative estimate of drug-likeness (QED) is 0.678. The van der Waals surface area contributed by atoms with Gasteiger partial charge in [-0.25, -0.2) is 4.98 Å². The number of rotatable bonds is 2. The topological polar surface area (TPSA) is 26.0 Å². The summed E-state index contributed by atoms with van der Waals surface area (Å²) in [5.74, 6) is 0.672. The molecular formula is C15H12BrNO. The van der Waals surface area contributed by atoms with E-state index < -0.39 is 0 Å². The first-order chi connectivity index (χ1) is 8.76. The monoisotopic (exact) mass is 301 g/mol. The number of aromatic nitrogens is 1. The minimum Gasteiger partial charge on any atom is -0.436 e. The maximum absolute atomic E-state index is 5.75. The highest BCUT2D eigenvalue weighted by molar-refractivity contribution is 9.10. The van der Waals surface area contributed by atoms with E-state index >= 15 is 0 Å². The van der Waals surface area contributed by atoms with Crippen LogP contribution in [0.25, 0.3) is 22.6 Å². The number of aryl methyl sites for hydroxylation is 1. The van der Waals surface area contributed by atoms with Gasteiger partial charge in [0.25, 0.3) is 0 Å². The van der Waals surface area contributed by atoms with Crippen molar-refractivity contribution in [1.82, 2.24) is 4.98 Å². The summed E-state index contributed by atoms with van der Waals surface area (Å²) in [5.41, 5.74) is 4.02. The molecule has 0 saturated carbocycles. The second-order valence-corrected chi connectivity index (χ2v) is 5.10. The highest BCUT2D eigenvalue weighted by Gasteiger charge is 2.08. The molecule has 2 aromatic carbocycles. The molecule has 90 valence electrons. The molecule has 3 heteroatoms. The van der Waals surface area contributed by atoms with Crippen LogP contribution in [0.2, 0.25) is 0 Å². The van der Waals surface area contributed by atoms with Crippen LogP contribution in [0.1, 0.15) is 12.5 Å². The van der Waals surface area contributed by atoms with Gasteiger partial charge in [0, 0.05) is 10.0 Å². The summed E-state index contributed by atoms with van der Waals surface area (Å²) in [7, 11) is 0. The van der Waals surface area contributed by atoms with Gasteiger partial charge in [-0.15, -0.1) is 0 Å². The summed E-state index contributed by atoms with van der Waals surface area (Å²) in [4.78, 5) is 4.50. The van der Waals surface area contributed by atoms with Crippen LogP contribution < -0.4 is 0 Å². The Balaban J connectivity index is 2.07. The van der Waals surface area contributed by atoms with Crippen molar-refractivity contribution >= 4 is 27.0 Å². The van der Waals surface area contributed by atoms with Crippen LogP contribution in [-0.4, -0.2) is 4.98 Å². The SMILES string of the molecule is CCc1ccc(-c2nc3cc(Br)ccc3o2)cc1. The Morgan fingerprint density at radius 2 is 1.89 bits per heavy atom. The Morgan fingerprint density at radius 3 is 2.61 bits per heavy atom. The highest BCUT2D eigenvalue weighted by atomic mass is 79.9. The van der Waals surface area contributed by atoms with E-state index in [1.807, 2.05) is 18.2 Å². The molecule has 1 heterocycles. The van der Waals surface area contributed by atoms with Crippen LogP contribution >= 0.6 is 15.9 Å². The van der Waals surface area contributed by atoms with Crippen LogP contribution in [0.4, 0.5) is 0 Å². The van der Waals surface area contributed by atoms with E-state index in [0.717, 1.165) is 27.6 Å². The van der Waals surface area contributed by atoms with Gasteiger partial charge in [-0.2, -0.15) is 0 Å². The second kappa shape index (κ2) is 4.58. The van der Waals surface area contributed by atoms with Crippen molar-refractivity contribution in [3.8, 4) is 11.5 Å². The summed E-state index contributed by atoms with van der Waals surface area (Å²) in [6.07, 6.45) is 1.04. The minimum absolute atomic E-state index is 0.672. The van der Waals surface area contributed by atoms with Crippen molar-refractivity contribution in [2.75, 3.05) is 0 Å². The molecule has 0 aliphatic carbocycles. The molecule has 1 aromatic heterocycles. The normalized spacial score (nSPS) is 11.0. The lowest BCUT2D eigenvalue weighted by molar-refractivity contribution is 0.620. The van der Waals surface area contributed by atoms with Gasteiger partial charge in [-0.1, -0.05) is 35.0 Å². The third kappa shape index (κ3) is 2.06. The van der Waals surface area contributed by atoms with Crippen molar-refractivity contribution in [2.45, 2.75) is 13.3 Å². The molecule has 0 spiro atoms. The van der Waals surface area contributed by atoms with Crippen LogP contribution in [0, 0.1) is 0 Å². The molecule has 0 aliphatic heterocycles. The van der Waals surface area contributed by atoms with Gasteiger partial charge >= 0.3 is 0 Å². The molecule has 0 amide bonds. The van der Waals surface area contributed by atoms with Crippen LogP contribution in [0.3, 0.4) is 0 Å². The van der Waals surface area contributed by atoms with Gasteiger partial charge in [-0.05, 0) is 42.3 Å². The number of hydrogen-bond donors (Lipinski definition) is 0. The van der Waals surface area contributed by atoms with Gasteiger partial charge in [0.15, 0.2) is 5.58 Å². The average molecular weight is 302 g/mol. The Morgan fingerprint density at radius 1 is 1.11 bits per heavy atom. The van der Waals surface area contributed by atoms with E-state index in [4.69, 9.17) is 4.42 Å². The molecule has 0 unspecified atom stereocenters. The number of oxazole rings is 1. The average Bonchev–Trinajstić information content (AvgIpc) is 2.81. The first kappa shape index (κ1) is 11.5. The van der Waals surface area contributed by atoms with Crippen LogP contribution in [0.5, 0.6) is 0 Å². The fraction of sp³-hybridized carbons (Fsp3) is 0.133. The molecule has 3 rings (SSSR count). The molecule has 18 heavy (non-hydrogen) atoms. The van der Waals surface area contributed by atoms with E-state index in [1.54, 1.807) is 0 Å². The van der Waals surface area contributed by atoms with E-state index in [9.17, 15) is 0 Å². The van der Waals surface area contributed by atoms with Crippen molar-refractivity contribution in [3.05, 3.63) is 52.5 Å². The second-order valence-electron chi connectivity index (χ2n) is 4.18. The maximum Gasteiger partial charge on any atom is 0.227 e. The zero-order chi connectivity index (χ0) is 12.5. The molecule has 0 atom stereocenters. The predicted molar refractivity (Wildman–Crippen MR) is 76.5 cm³/mol. The standard InChI is InChI=1S/C15H12BrNO/c1-2-10-3-5-11(6-4-10)15-17-13-9-12(16)7-8-14(13)18-15/h3-9H,2H2,1H3. The Labute approximate surface area is 114 Å². The zero-order valence-electron chi connectivity index (χ0n) is 9.98. The lowest BCUT2D eigenvalue weighted by atomic mass is 10.1. The molecular weight excluding hydrogens is 290 g/mol. The first-order valence-electron chi connectivity index (χ1n) is 5.91. The first-order valence-corrected chi connectivity index (χ1v) is 6.71. The zero-order valence-corrected chi connectivity index (χ0v) is 11.6. The summed E-state index contributed by atoms with van der Waals surface area (Å²) < 4.78 is 6.76. The van der Waals surface area contributed by atoms with E-state index in [-0.39, 0.29) is 0 Å². The van der Waals surface area contributed by atoms with Gasteiger partial charge in [0.1, 0.15) is 5.52 Å². The van der Waals surface area contributed by atoms with E-state index in [0.29, 0.717) is 5.89 Å². The lowest BCUT2D eigenvalue weighted by Crippen LogP contribution is -1.81. The van der Waals surface area contributed by atoms with Gasteiger partial charge in [-0.3, -0.25) is 0 Å². The van der Waals surface area contributed by atoms with Crippen molar-refractivity contribution in [3.63, 3.8) is 0 Å². The van der Waals surface area contributed by atoms with Crippen molar-refractivity contribution in [1.29, 1.82) is 0 Å². The minimum atomic E-state index is 0.672. The fourth-order valence-corrected chi connectivity index (χ4v) is 2.26. The van der Waals surface area contributed by atoms with Crippen molar-refractivity contribution in [2.24, 2.45) is 0 Å². The molecule has 0 radical (unpaired) electrons. The number of halogens is 1. The molecule has 2 nitrogen and oxygen atoms in total. The molecule has 0 N–H and O–H groups in total. The number of hydrogen-bond acceptors (Lipinski definition) is 2. The fourth-order valence-electron chi connectivity index (χ4n) is 1.91. The van der Waals surface area contributed by atoms with Crippen molar-refractivity contribution < 1.29 is 4.42 Å². The van der Waals surface area contributed by atoms with Gasteiger partial charge in [0.2, 0.25) is 5.89 Å². The largest absolute Gasteiger partial charge is 0.436 e. The molecule has 0 bridgehead atoms. The third-order valence-electron chi connectivity index (χ3n) is 2.96. The summed E-state index contributed by atoms with van der Waals surface area (Å²) >= 11 is 3.44. The molecule has 0 saturated heterocycles. The van der Waals surface area contributed by atoms with E-state index in [1.165, 1.54) is 5.56 Å². The molecule has 3 aromatic rings. The maximum atomic E-state index is 5.75. The van der Waals surface area contributed by atoms with E-state index in [2.05, 4.69) is 52.1 Å². The number of fused-ring (bicyclic) bond motifs is 1. The number of nitrogens with zero attached hydrogens (tertiary/aromatic N) is 1. The van der Waals surface area contributed by atoms with Gasteiger partial charge in [0.05, 0.1) is 0 Å².